The molecule has 2 aliphatic rings. The van der Waals surface area contributed by atoms with E-state index in [9.17, 15) is 0 Å². The van der Waals surface area contributed by atoms with Gasteiger partial charge in [-0.3, -0.25) is 0 Å². The highest BCUT2D eigenvalue weighted by molar-refractivity contribution is 4.90. The lowest BCUT2D eigenvalue weighted by Crippen LogP contribution is -2.34. The third-order valence-electron chi connectivity index (χ3n) is 3.85. The molecule has 2 nitrogen and oxygen atoms in total. The van der Waals surface area contributed by atoms with Crippen molar-refractivity contribution in [3.63, 3.8) is 0 Å². The second-order valence-electron chi connectivity index (χ2n) is 4.95. The maximum absolute atomic E-state index is 6.16. The predicted octanol–water partition coefficient (Wildman–Crippen LogP) is 1.46. The molecule has 1 aliphatic carbocycles. The molecule has 13 heavy (non-hydrogen) atoms. The lowest BCUT2D eigenvalue weighted by molar-refractivity contribution is 0.237. The van der Waals surface area contributed by atoms with E-state index in [2.05, 4.69) is 11.9 Å². The molecule has 2 atom stereocenters. The van der Waals surface area contributed by atoms with Crippen LogP contribution in [-0.4, -0.2) is 31.1 Å². The first-order valence-corrected chi connectivity index (χ1v) is 5.71. The molecule has 2 fully saturated rings. The normalized spacial score (nSPS) is 38.3. The monoisotopic (exact) mass is 182 g/mol. The van der Waals surface area contributed by atoms with Gasteiger partial charge < -0.3 is 10.6 Å². The van der Waals surface area contributed by atoms with Gasteiger partial charge in [-0.05, 0) is 18.9 Å². The van der Waals surface area contributed by atoms with Gasteiger partial charge in [-0.25, -0.2) is 0 Å². The molecule has 0 spiro atoms. The van der Waals surface area contributed by atoms with Crippen LogP contribution in [0.3, 0.4) is 0 Å². The Balaban J connectivity index is 1.91. The molecule has 0 aromatic carbocycles. The lowest BCUT2D eigenvalue weighted by atomic mass is 9.78. The number of likely N-dealkylation sites (tertiary alicyclic amines) is 1. The summed E-state index contributed by atoms with van der Waals surface area (Å²) in [6, 6.07) is 0.452. The third-order valence-corrected chi connectivity index (χ3v) is 3.85. The Morgan fingerprint density at radius 1 is 1.08 bits per heavy atom. The molecular formula is C11H22N2. The number of rotatable bonds is 1. The minimum atomic E-state index is 0.452. The number of nitrogens with two attached hydrogens (primary N) is 1. The van der Waals surface area contributed by atoms with Gasteiger partial charge in [0, 0.05) is 19.1 Å². The molecule has 2 N–H and O–H groups in total. The van der Waals surface area contributed by atoms with Gasteiger partial charge in [-0.1, -0.05) is 32.1 Å². The van der Waals surface area contributed by atoms with Crippen molar-refractivity contribution < 1.29 is 0 Å². The molecular weight excluding hydrogens is 160 g/mol. The SMILES string of the molecule is CN1CC(N)C(C2CCCCC2)C1. The van der Waals surface area contributed by atoms with Crippen molar-refractivity contribution >= 4 is 0 Å². The van der Waals surface area contributed by atoms with Gasteiger partial charge >= 0.3 is 0 Å². The van der Waals surface area contributed by atoms with Gasteiger partial charge in [-0.15, -0.1) is 0 Å². The molecule has 1 aliphatic heterocycles. The Bertz CT molecular complexity index is 163. The van der Waals surface area contributed by atoms with Crippen LogP contribution in [-0.2, 0) is 0 Å². The van der Waals surface area contributed by atoms with E-state index in [1.807, 2.05) is 0 Å². The van der Waals surface area contributed by atoms with Crippen molar-refractivity contribution in [2.75, 3.05) is 20.1 Å². The van der Waals surface area contributed by atoms with E-state index in [1.165, 1.54) is 38.6 Å². The van der Waals surface area contributed by atoms with Crippen molar-refractivity contribution in [3.8, 4) is 0 Å². The van der Waals surface area contributed by atoms with Gasteiger partial charge in [-0.2, -0.15) is 0 Å². The molecule has 0 aromatic heterocycles. The van der Waals surface area contributed by atoms with Crippen molar-refractivity contribution in [2.24, 2.45) is 17.6 Å². The first-order chi connectivity index (χ1) is 6.27. The molecule has 0 bridgehead atoms. The highest BCUT2D eigenvalue weighted by atomic mass is 15.1. The van der Waals surface area contributed by atoms with Gasteiger partial charge in [0.2, 0.25) is 0 Å². The molecule has 0 radical (unpaired) electrons. The van der Waals surface area contributed by atoms with E-state index >= 15 is 0 Å². The Morgan fingerprint density at radius 3 is 2.31 bits per heavy atom. The standard InChI is InChI=1S/C11H22N2/c1-13-7-10(11(12)8-13)9-5-3-2-4-6-9/h9-11H,2-8,12H2,1H3. The summed E-state index contributed by atoms with van der Waals surface area (Å²) in [4.78, 5) is 2.39. The molecule has 0 amide bonds. The van der Waals surface area contributed by atoms with Gasteiger partial charge in [0.25, 0.3) is 0 Å². The van der Waals surface area contributed by atoms with Crippen LogP contribution in [0.15, 0.2) is 0 Å². The molecule has 2 rings (SSSR count). The van der Waals surface area contributed by atoms with Crippen LogP contribution in [0.1, 0.15) is 32.1 Å². The first-order valence-electron chi connectivity index (χ1n) is 5.71. The third kappa shape index (κ3) is 2.05. The van der Waals surface area contributed by atoms with Crippen molar-refractivity contribution in [2.45, 2.75) is 38.1 Å². The van der Waals surface area contributed by atoms with Crippen LogP contribution < -0.4 is 5.73 Å². The quantitative estimate of drug-likeness (QED) is 0.665. The molecule has 1 heterocycles. The fraction of sp³-hybridized carbons (Fsp3) is 1.00. The molecule has 0 aromatic rings. The van der Waals surface area contributed by atoms with Crippen LogP contribution in [0.4, 0.5) is 0 Å². The largest absolute Gasteiger partial charge is 0.326 e. The van der Waals surface area contributed by atoms with Crippen molar-refractivity contribution in [3.05, 3.63) is 0 Å². The molecule has 2 unspecified atom stereocenters. The highest BCUT2D eigenvalue weighted by Gasteiger charge is 2.34. The van der Waals surface area contributed by atoms with E-state index < -0.39 is 0 Å². The van der Waals surface area contributed by atoms with Gasteiger partial charge in [0.15, 0.2) is 0 Å². The maximum Gasteiger partial charge on any atom is 0.0211 e. The average molecular weight is 182 g/mol. The minimum absolute atomic E-state index is 0.452. The smallest absolute Gasteiger partial charge is 0.0211 e. The first kappa shape index (κ1) is 9.47. The summed E-state index contributed by atoms with van der Waals surface area (Å²) >= 11 is 0. The number of nitrogens with zero attached hydrogens (tertiary/aromatic N) is 1. The van der Waals surface area contributed by atoms with E-state index in [0.29, 0.717) is 6.04 Å². The number of likely N-dealkylation sites (N-methyl/N-ethyl adjacent to an activating group) is 1. The van der Waals surface area contributed by atoms with Gasteiger partial charge in [0.1, 0.15) is 0 Å². The Labute approximate surface area is 81.5 Å². The summed E-state index contributed by atoms with van der Waals surface area (Å²) in [5.74, 6) is 1.74. The Kier molecular flexibility index (Phi) is 2.89. The fourth-order valence-corrected chi connectivity index (χ4v) is 3.13. The molecule has 2 heteroatoms. The summed E-state index contributed by atoms with van der Waals surface area (Å²) in [6.45, 7) is 2.35. The summed E-state index contributed by atoms with van der Waals surface area (Å²) in [5, 5.41) is 0. The molecule has 76 valence electrons. The second-order valence-corrected chi connectivity index (χ2v) is 4.95. The zero-order valence-electron chi connectivity index (χ0n) is 8.71. The van der Waals surface area contributed by atoms with Crippen LogP contribution in [0.2, 0.25) is 0 Å². The van der Waals surface area contributed by atoms with E-state index in [1.54, 1.807) is 0 Å². The summed E-state index contributed by atoms with van der Waals surface area (Å²) in [7, 11) is 2.20. The van der Waals surface area contributed by atoms with Gasteiger partial charge in [0.05, 0.1) is 0 Å². The van der Waals surface area contributed by atoms with Crippen LogP contribution in [0, 0.1) is 11.8 Å². The lowest BCUT2D eigenvalue weighted by Gasteiger charge is -2.29. The average Bonchev–Trinajstić information content (AvgIpc) is 2.47. The fourth-order valence-electron chi connectivity index (χ4n) is 3.13. The summed E-state index contributed by atoms with van der Waals surface area (Å²) < 4.78 is 0. The van der Waals surface area contributed by atoms with E-state index in [4.69, 9.17) is 5.73 Å². The summed E-state index contributed by atoms with van der Waals surface area (Å²) in [6.07, 6.45) is 7.21. The molecule has 1 saturated carbocycles. The molecule has 1 saturated heterocycles. The number of hydrogen-bond donors (Lipinski definition) is 1. The zero-order valence-corrected chi connectivity index (χ0v) is 8.71. The zero-order chi connectivity index (χ0) is 9.26. The summed E-state index contributed by atoms with van der Waals surface area (Å²) in [5.41, 5.74) is 6.16. The maximum atomic E-state index is 6.16. The van der Waals surface area contributed by atoms with Crippen molar-refractivity contribution in [1.29, 1.82) is 0 Å². The minimum Gasteiger partial charge on any atom is -0.326 e. The Hall–Kier alpha value is -0.0800. The predicted molar refractivity (Wildman–Crippen MR) is 55.5 cm³/mol. The second kappa shape index (κ2) is 3.97. The number of hydrogen-bond acceptors (Lipinski definition) is 2. The van der Waals surface area contributed by atoms with Crippen molar-refractivity contribution in [1.82, 2.24) is 4.90 Å². The van der Waals surface area contributed by atoms with Crippen LogP contribution in [0.25, 0.3) is 0 Å². The van der Waals surface area contributed by atoms with Crippen LogP contribution in [0.5, 0.6) is 0 Å². The van der Waals surface area contributed by atoms with E-state index in [0.717, 1.165) is 18.4 Å². The highest BCUT2D eigenvalue weighted by Crippen LogP contribution is 2.34. The Morgan fingerprint density at radius 2 is 1.77 bits per heavy atom. The van der Waals surface area contributed by atoms with E-state index in [-0.39, 0.29) is 0 Å². The van der Waals surface area contributed by atoms with Crippen LogP contribution >= 0.6 is 0 Å². The topological polar surface area (TPSA) is 29.3 Å².